The van der Waals surface area contributed by atoms with E-state index in [0.717, 1.165) is 6.42 Å². The summed E-state index contributed by atoms with van der Waals surface area (Å²) < 4.78 is 37.5. The molecule has 1 saturated heterocycles. The fraction of sp³-hybridized carbons (Fsp3) is 0.391. The number of nitrogens with zero attached hydrogens (tertiary/aromatic N) is 1. The van der Waals surface area contributed by atoms with Crippen LogP contribution in [0.15, 0.2) is 47.4 Å². The standard InChI is InChI=1S/C23H27ClN2O6S/c1-15-10-16(2)13-26(12-15)33(29,30)19-7-4-17(5-8-19)23(28)32-14-22(27)25-18-6-9-21(31-3)20(24)11-18/h4-9,11,15-16H,10,12-14H2,1-3H3,(H,25,27). The van der Waals surface area contributed by atoms with Crippen molar-refractivity contribution in [3.63, 3.8) is 0 Å². The third-order valence-electron chi connectivity index (χ3n) is 5.33. The van der Waals surface area contributed by atoms with E-state index in [0.29, 0.717) is 29.5 Å². The molecular weight excluding hydrogens is 468 g/mol. The van der Waals surface area contributed by atoms with Gasteiger partial charge in [-0.05, 0) is 60.7 Å². The lowest BCUT2D eigenvalue weighted by Gasteiger charge is -2.34. The van der Waals surface area contributed by atoms with Gasteiger partial charge in [0, 0.05) is 18.8 Å². The number of anilines is 1. The Kier molecular flexibility index (Phi) is 7.99. The van der Waals surface area contributed by atoms with Gasteiger partial charge in [0.15, 0.2) is 6.61 Å². The molecule has 0 bridgehead atoms. The van der Waals surface area contributed by atoms with Crippen molar-refractivity contribution in [3.8, 4) is 5.75 Å². The van der Waals surface area contributed by atoms with Crippen LogP contribution in [-0.2, 0) is 19.6 Å². The summed E-state index contributed by atoms with van der Waals surface area (Å²) in [5.41, 5.74) is 0.576. The van der Waals surface area contributed by atoms with Crippen LogP contribution in [0.4, 0.5) is 5.69 Å². The van der Waals surface area contributed by atoms with Gasteiger partial charge < -0.3 is 14.8 Å². The summed E-state index contributed by atoms with van der Waals surface area (Å²) in [4.78, 5) is 24.5. The molecule has 10 heteroatoms. The molecule has 1 amide bonds. The van der Waals surface area contributed by atoms with E-state index < -0.39 is 28.5 Å². The maximum Gasteiger partial charge on any atom is 0.338 e. The Balaban J connectivity index is 1.57. The number of piperidine rings is 1. The van der Waals surface area contributed by atoms with Crippen LogP contribution in [0, 0.1) is 11.8 Å². The fourth-order valence-electron chi connectivity index (χ4n) is 3.87. The Labute approximate surface area is 198 Å². The number of sulfonamides is 1. The number of carbonyl (C=O) groups is 2. The van der Waals surface area contributed by atoms with Crippen molar-refractivity contribution in [1.82, 2.24) is 4.31 Å². The average molecular weight is 495 g/mol. The topological polar surface area (TPSA) is 102 Å². The molecule has 2 aromatic carbocycles. The smallest absolute Gasteiger partial charge is 0.338 e. The normalized spacial score (nSPS) is 19.0. The van der Waals surface area contributed by atoms with Gasteiger partial charge in [0.2, 0.25) is 10.0 Å². The second-order valence-electron chi connectivity index (χ2n) is 8.27. The molecule has 2 aromatic rings. The molecule has 0 spiro atoms. The molecule has 0 aromatic heterocycles. The van der Waals surface area contributed by atoms with Crippen molar-refractivity contribution in [2.24, 2.45) is 11.8 Å². The summed E-state index contributed by atoms with van der Waals surface area (Å²) >= 11 is 6.02. The number of ether oxygens (including phenoxy) is 2. The van der Waals surface area contributed by atoms with Gasteiger partial charge in [0.25, 0.3) is 5.91 Å². The van der Waals surface area contributed by atoms with Gasteiger partial charge in [-0.1, -0.05) is 25.4 Å². The highest BCUT2D eigenvalue weighted by Gasteiger charge is 2.31. The molecule has 0 radical (unpaired) electrons. The SMILES string of the molecule is COc1ccc(NC(=O)COC(=O)c2ccc(S(=O)(=O)N3CC(C)CC(C)C3)cc2)cc1Cl. The lowest BCUT2D eigenvalue weighted by atomic mass is 9.94. The summed E-state index contributed by atoms with van der Waals surface area (Å²) in [5.74, 6) is -0.231. The predicted molar refractivity (Wildman–Crippen MR) is 125 cm³/mol. The number of nitrogens with one attached hydrogen (secondary N) is 1. The molecule has 1 fully saturated rings. The van der Waals surface area contributed by atoms with Crippen LogP contribution in [0.1, 0.15) is 30.6 Å². The zero-order valence-electron chi connectivity index (χ0n) is 18.7. The first-order valence-corrected chi connectivity index (χ1v) is 12.3. The maximum atomic E-state index is 13.0. The Morgan fingerprint density at radius 2 is 1.73 bits per heavy atom. The fourth-order valence-corrected chi connectivity index (χ4v) is 5.81. The average Bonchev–Trinajstić information content (AvgIpc) is 2.77. The van der Waals surface area contributed by atoms with Crippen LogP contribution in [0.3, 0.4) is 0 Å². The molecule has 1 aliphatic heterocycles. The Morgan fingerprint density at radius 1 is 1.09 bits per heavy atom. The van der Waals surface area contributed by atoms with Gasteiger partial charge in [-0.25, -0.2) is 13.2 Å². The monoisotopic (exact) mass is 494 g/mol. The number of amides is 1. The summed E-state index contributed by atoms with van der Waals surface area (Å²) in [6.45, 7) is 4.52. The highest BCUT2D eigenvalue weighted by atomic mass is 35.5. The van der Waals surface area contributed by atoms with E-state index in [1.165, 1.54) is 41.7 Å². The zero-order chi connectivity index (χ0) is 24.2. The molecule has 1 aliphatic rings. The molecule has 178 valence electrons. The van der Waals surface area contributed by atoms with Crippen molar-refractivity contribution in [3.05, 3.63) is 53.1 Å². The van der Waals surface area contributed by atoms with E-state index in [1.54, 1.807) is 12.1 Å². The number of esters is 1. The van der Waals surface area contributed by atoms with Crippen molar-refractivity contribution >= 4 is 39.2 Å². The van der Waals surface area contributed by atoms with Crippen LogP contribution in [-0.4, -0.2) is 51.4 Å². The lowest BCUT2D eigenvalue weighted by Crippen LogP contribution is -2.42. The van der Waals surface area contributed by atoms with E-state index >= 15 is 0 Å². The van der Waals surface area contributed by atoms with E-state index in [2.05, 4.69) is 5.32 Å². The summed E-state index contributed by atoms with van der Waals surface area (Å²) in [6.07, 6.45) is 0.996. The molecule has 1 heterocycles. The van der Waals surface area contributed by atoms with Crippen LogP contribution < -0.4 is 10.1 Å². The van der Waals surface area contributed by atoms with Gasteiger partial charge in [0.1, 0.15) is 5.75 Å². The van der Waals surface area contributed by atoms with E-state index in [-0.39, 0.29) is 22.3 Å². The first-order chi connectivity index (χ1) is 15.6. The molecule has 33 heavy (non-hydrogen) atoms. The summed E-state index contributed by atoms with van der Waals surface area (Å²) in [6, 6.07) is 10.3. The van der Waals surface area contributed by atoms with Crippen molar-refractivity contribution in [2.45, 2.75) is 25.2 Å². The van der Waals surface area contributed by atoms with Crippen molar-refractivity contribution in [2.75, 3.05) is 32.1 Å². The van der Waals surface area contributed by atoms with Crippen LogP contribution >= 0.6 is 11.6 Å². The number of hydrogen-bond acceptors (Lipinski definition) is 6. The summed E-state index contributed by atoms with van der Waals surface area (Å²) in [5, 5.41) is 2.90. The molecule has 2 atom stereocenters. The molecule has 0 aliphatic carbocycles. The number of hydrogen-bond donors (Lipinski definition) is 1. The quantitative estimate of drug-likeness (QED) is 0.587. The molecule has 3 rings (SSSR count). The van der Waals surface area contributed by atoms with Gasteiger partial charge >= 0.3 is 5.97 Å². The molecule has 8 nitrogen and oxygen atoms in total. The summed E-state index contributed by atoms with van der Waals surface area (Å²) in [7, 11) is -2.16. The number of benzene rings is 2. The number of methoxy groups -OCH3 is 1. The first-order valence-electron chi connectivity index (χ1n) is 10.5. The highest BCUT2D eigenvalue weighted by Crippen LogP contribution is 2.28. The maximum absolute atomic E-state index is 13.0. The van der Waals surface area contributed by atoms with E-state index in [1.807, 2.05) is 13.8 Å². The van der Waals surface area contributed by atoms with Gasteiger partial charge in [-0.2, -0.15) is 4.31 Å². The molecular formula is C23H27ClN2O6S. The minimum absolute atomic E-state index is 0.120. The largest absolute Gasteiger partial charge is 0.495 e. The minimum atomic E-state index is -3.64. The van der Waals surface area contributed by atoms with E-state index in [4.69, 9.17) is 21.1 Å². The Hall–Kier alpha value is -2.62. The van der Waals surface area contributed by atoms with Gasteiger partial charge in [-0.15, -0.1) is 0 Å². The number of carbonyl (C=O) groups excluding carboxylic acids is 2. The molecule has 1 N–H and O–H groups in total. The van der Waals surface area contributed by atoms with Crippen LogP contribution in [0.2, 0.25) is 5.02 Å². The van der Waals surface area contributed by atoms with Crippen molar-refractivity contribution in [1.29, 1.82) is 0 Å². The predicted octanol–water partition coefficient (Wildman–Crippen LogP) is 3.81. The first kappa shape index (κ1) is 25.0. The third-order valence-corrected chi connectivity index (χ3v) is 7.47. The number of rotatable bonds is 7. The second kappa shape index (κ2) is 10.5. The van der Waals surface area contributed by atoms with E-state index in [9.17, 15) is 18.0 Å². The zero-order valence-corrected chi connectivity index (χ0v) is 20.3. The minimum Gasteiger partial charge on any atom is -0.495 e. The van der Waals surface area contributed by atoms with Gasteiger partial charge in [0.05, 0.1) is 22.6 Å². The molecule has 2 unspecified atom stereocenters. The van der Waals surface area contributed by atoms with Crippen LogP contribution in [0.25, 0.3) is 0 Å². The van der Waals surface area contributed by atoms with Gasteiger partial charge in [-0.3, -0.25) is 4.79 Å². The molecule has 0 saturated carbocycles. The second-order valence-corrected chi connectivity index (χ2v) is 10.6. The van der Waals surface area contributed by atoms with Crippen LogP contribution in [0.5, 0.6) is 5.75 Å². The van der Waals surface area contributed by atoms with Crippen molar-refractivity contribution < 1.29 is 27.5 Å². The Bertz CT molecular complexity index is 1110. The highest BCUT2D eigenvalue weighted by molar-refractivity contribution is 7.89. The Morgan fingerprint density at radius 3 is 2.30 bits per heavy atom. The lowest BCUT2D eigenvalue weighted by molar-refractivity contribution is -0.119. The number of halogens is 1. The third kappa shape index (κ3) is 6.25.